The van der Waals surface area contributed by atoms with Gasteiger partial charge in [-0.1, -0.05) is 11.6 Å². The zero-order valence-electron chi connectivity index (χ0n) is 12.9. The first kappa shape index (κ1) is 16.5. The monoisotopic (exact) mass is 349 g/mol. The molecule has 1 fully saturated rings. The van der Waals surface area contributed by atoms with E-state index in [9.17, 15) is 9.18 Å². The smallest absolute Gasteiger partial charge is 0.255 e. The second-order valence-corrected chi connectivity index (χ2v) is 5.90. The molecule has 2 aromatic rings. The van der Waals surface area contributed by atoms with Crippen LogP contribution in [0.25, 0.3) is 0 Å². The number of nitrogen functional groups attached to an aromatic ring is 1. The number of hydrogen-bond acceptors (Lipinski definition) is 4. The molecule has 7 heteroatoms. The average Bonchev–Trinajstić information content (AvgIpc) is 2.57. The van der Waals surface area contributed by atoms with Crippen LogP contribution in [-0.2, 0) is 4.74 Å². The van der Waals surface area contributed by atoms with Crippen molar-refractivity contribution in [3.63, 3.8) is 0 Å². The van der Waals surface area contributed by atoms with Gasteiger partial charge >= 0.3 is 0 Å². The lowest BCUT2D eigenvalue weighted by Crippen LogP contribution is -2.36. The Bertz CT molecular complexity index is 763. The number of anilines is 3. The first-order valence-electron chi connectivity index (χ1n) is 7.52. The molecule has 5 nitrogen and oxygen atoms in total. The Hall–Kier alpha value is -2.31. The zero-order valence-corrected chi connectivity index (χ0v) is 13.6. The van der Waals surface area contributed by atoms with Crippen LogP contribution in [0.1, 0.15) is 10.4 Å². The number of nitrogens with one attached hydrogen (secondary N) is 1. The summed E-state index contributed by atoms with van der Waals surface area (Å²) < 4.78 is 19.2. The van der Waals surface area contributed by atoms with Crippen molar-refractivity contribution in [2.24, 2.45) is 0 Å². The van der Waals surface area contributed by atoms with Gasteiger partial charge in [0.1, 0.15) is 5.82 Å². The fraction of sp³-hybridized carbons (Fsp3) is 0.235. The van der Waals surface area contributed by atoms with Gasteiger partial charge in [0, 0.05) is 30.0 Å². The summed E-state index contributed by atoms with van der Waals surface area (Å²) >= 11 is 5.85. The van der Waals surface area contributed by atoms with Crippen LogP contribution in [0.4, 0.5) is 21.5 Å². The number of hydrogen-bond donors (Lipinski definition) is 2. The van der Waals surface area contributed by atoms with Crippen molar-refractivity contribution in [3.8, 4) is 0 Å². The number of morpholine rings is 1. The fourth-order valence-electron chi connectivity index (χ4n) is 2.54. The standard InChI is InChI=1S/C17H17ClFN3O2/c18-15-2-1-11(7-16(15)20)17(23)21-13-8-12(19)9-14(10-13)22-3-5-24-6-4-22/h1-2,7-10H,3-6,20H2,(H,21,23). The molecule has 0 radical (unpaired) electrons. The van der Waals surface area contributed by atoms with Crippen molar-refractivity contribution in [3.05, 3.63) is 52.8 Å². The minimum Gasteiger partial charge on any atom is -0.398 e. The van der Waals surface area contributed by atoms with Crippen molar-refractivity contribution in [2.45, 2.75) is 0 Å². The summed E-state index contributed by atoms with van der Waals surface area (Å²) in [5.74, 6) is -0.790. The van der Waals surface area contributed by atoms with Gasteiger partial charge in [-0.15, -0.1) is 0 Å². The van der Waals surface area contributed by atoms with Gasteiger partial charge in [-0.05, 0) is 36.4 Å². The first-order chi connectivity index (χ1) is 11.5. The van der Waals surface area contributed by atoms with Crippen LogP contribution in [0.5, 0.6) is 0 Å². The van der Waals surface area contributed by atoms with E-state index in [2.05, 4.69) is 5.32 Å². The van der Waals surface area contributed by atoms with Crippen LogP contribution < -0.4 is 16.0 Å². The molecule has 1 aliphatic rings. The number of carbonyl (C=O) groups excluding carboxylic acids is 1. The maximum absolute atomic E-state index is 13.9. The van der Waals surface area contributed by atoms with E-state index in [1.54, 1.807) is 18.2 Å². The number of nitrogens with two attached hydrogens (primary N) is 1. The SMILES string of the molecule is Nc1cc(C(=O)Nc2cc(F)cc(N3CCOCC3)c2)ccc1Cl. The van der Waals surface area contributed by atoms with Crippen LogP contribution in [0.15, 0.2) is 36.4 Å². The van der Waals surface area contributed by atoms with Crippen LogP contribution in [0, 0.1) is 5.82 Å². The van der Waals surface area contributed by atoms with E-state index in [0.717, 1.165) is 0 Å². The van der Waals surface area contributed by atoms with Gasteiger partial charge in [0.25, 0.3) is 5.91 Å². The van der Waals surface area contributed by atoms with Gasteiger partial charge < -0.3 is 20.7 Å². The maximum atomic E-state index is 13.9. The van der Waals surface area contributed by atoms with Crippen molar-refractivity contribution in [1.82, 2.24) is 0 Å². The number of benzene rings is 2. The van der Waals surface area contributed by atoms with Gasteiger partial charge in [0.05, 0.1) is 23.9 Å². The highest BCUT2D eigenvalue weighted by molar-refractivity contribution is 6.33. The normalized spacial score (nSPS) is 14.5. The topological polar surface area (TPSA) is 67.6 Å². The van der Waals surface area contributed by atoms with E-state index in [4.69, 9.17) is 22.1 Å². The van der Waals surface area contributed by atoms with Crippen molar-refractivity contribution in [2.75, 3.05) is 42.3 Å². The Morgan fingerprint density at radius 1 is 1.21 bits per heavy atom. The molecule has 0 saturated carbocycles. The van der Waals surface area contributed by atoms with E-state index in [0.29, 0.717) is 54.0 Å². The second kappa shape index (κ2) is 7.07. The van der Waals surface area contributed by atoms with E-state index in [1.165, 1.54) is 18.2 Å². The average molecular weight is 350 g/mol. The van der Waals surface area contributed by atoms with Gasteiger partial charge in [-0.25, -0.2) is 4.39 Å². The predicted molar refractivity (Wildman–Crippen MR) is 93.2 cm³/mol. The molecule has 0 spiro atoms. The largest absolute Gasteiger partial charge is 0.398 e. The summed E-state index contributed by atoms with van der Waals surface area (Å²) in [5, 5.41) is 3.07. The van der Waals surface area contributed by atoms with E-state index in [1.807, 2.05) is 4.90 Å². The van der Waals surface area contributed by atoms with E-state index >= 15 is 0 Å². The molecule has 0 bridgehead atoms. The van der Waals surface area contributed by atoms with Crippen molar-refractivity contribution >= 4 is 34.6 Å². The molecule has 0 atom stereocenters. The molecule has 1 saturated heterocycles. The fourth-order valence-corrected chi connectivity index (χ4v) is 2.66. The Balaban J connectivity index is 1.80. The molecule has 126 valence electrons. The molecule has 3 rings (SSSR count). The molecular weight excluding hydrogens is 333 g/mol. The molecule has 24 heavy (non-hydrogen) atoms. The Morgan fingerprint density at radius 2 is 1.96 bits per heavy atom. The molecule has 1 aliphatic heterocycles. The molecule has 3 N–H and O–H groups in total. The van der Waals surface area contributed by atoms with Crippen LogP contribution >= 0.6 is 11.6 Å². The summed E-state index contributed by atoms with van der Waals surface area (Å²) in [5.41, 5.74) is 7.48. The number of rotatable bonds is 3. The Labute approximate surface area is 144 Å². The summed E-state index contributed by atoms with van der Waals surface area (Å²) in [4.78, 5) is 14.3. The lowest BCUT2D eigenvalue weighted by Gasteiger charge is -2.29. The minimum atomic E-state index is -0.412. The second-order valence-electron chi connectivity index (χ2n) is 5.49. The molecule has 0 aromatic heterocycles. The summed E-state index contributed by atoms with van der Waals surface area (Å²) in [6, 6.07) is 9.07. The lowest BCUT2D eigenvalue weighted by molar-refractivity contribution is 0.102. The van der Waals surface area contributed by atoms with Gasteiger partial charge in [-0.3, -0.25) is 4.79 Å². The van der Waals surface area contributed by atoms with Crippen molar-refractivity contribution in [1.29, 1.82) is 0 Å². The third kappa shape index (κ3) is 3.77. The molecule has 2 aromatic carbocycles. The lowest BCUT2D eigenvalue weighted by atomic mass is 10.1. The highest BCUT2D eigenvalue weighted by Gasteiger charge is 2.14. The predicted octanol–water partition coefficient (Wildman–Crippen LogP) is 3.15. The quantitative estimate of drug-likeness (QED) is 0.835. The number of nitrogens with zero attached hydrogens (tertiary/aromatic N) is 1. The van der Waals surface area contributed by atoms with Gasteiger partial charge in [-0.2, -0.15) is 0 Å². The highest BCUT2D eigenvalue weighted by Crippen LogP contribution is 2.24. The maximum Gasteiger partial charge on any atom is 0.255 e. The van der Waals surface area contributed by atoms with E-state index in [-0.39, 0.29) is 5.91 Å². The minimum absolute atomic E-state index is 0.317. The highest BCUT2D eigenvalue weighted by atomic mass is 35.5. The Morgan fingerprint density at radius 3 is 2.67 bits per heavy atom. The first-order valence-corrected chi connectivity index (χ1v) is 7.90. The van der Waals surface area contributed by atoms with Crippen molar-refractivity contribution < 1.29 is 13.9 Å². The third-order valence-electron chi connectivity index (χ3n) is 3.77. The third-order valence-corrected chi connectivity index (χ3v) is 4.12. The Kier molecular flexibility index (Phi) is 4.87. The number of amides is 1. The van der Waals surface area contributed by atoms with Gasteiger partial charge in [0.15, 0.2) is 0 Å². The van der Waals surface area contributed by atoms with E-state index < -0.39 is 5.82 Å². The summed E-state index contributed by atoms with van der Waals surface area (Å²) in [6.07, 6.45) is 0. The number of ether oxygens (including phenoxy) is 1. The molecule has 0 unspecified atom stereocenters. The molecule has 0 aliphatic carbocycles. The number of halogens is 2. The van der Waals surface area contributed by atoms with Crippen LogP contribution in [0.2, 0.25) is 5.02 Å². The summed E-state index contributed by atoms with van der Waals surface area (Å²) in [6.45, 7) is 2.57. The zero-order chi connectivity index (χ0) is 17.1. The molecular formula is C17H17ClFN3O2. The van der Waals surface area contributed by atoms with Gasteiger partial charge in [0.2, 0.25) is 0 Å². The summed E-state index contributed by atoms with van der Waals surface area (Å²) in [7, 11) is 0. The van der Waals surface area contributed by atoms with Crippen LogP contribution in [-0.4, -0.2) is 32.2 Å². The molecule has 1 heterocycles. The molecule has 1 amide bonds. The van der Waals surface area contributed by atoms with Crippen LogP contribution in [0.3, 0.4) is 0 Å². The number of carbonyl (C=O) groups is 1.